The highest BCUT2D eigenvalue weighted by atomic mass is 16.5. The molecular weight excluding hydrogens is 777 g/mol. The molecule has 9 aromatic carbocycles. The Hall–Kier alpha value is -7.88. The summed E-state index contributed by atoms with van der Waals surface area (Å²) in [4.78, 5) is 4.99. The molecule has 3 nitrogen and oxygen atoms in total. The van der Waals surface area contributed by atoms with E-state index in [9.17, 15) is 0 Å². The lowest BCUT2D eigenvalue weighted by molar-refractivity contribution is 0.432. The first-order valence-corrected chi connectivity index (χ1v) is 22.6. The molecule has 0 fully saturated rings. The number of hydrogen-bond acceptors (Lipinski definition) is 3. The van der Waals surface area contributed by atoms with Gasteiger partial charge in [-0.05, 0) is 147 Å². The number of para-hydroxylation sites is 4. The predicted molar refractivity (Wildman–Crippen MR) is 266 cm³/mol. The highest BCUT2D eigenvalue weighted by molar-refractivity contribution is 6.19. The lowest BCUT2D eigenvalue weighted by Gasteiger charge is -2.44. The predicted octanol–water partition coefficient (Wildman–Crippen LogP) is 15.9. The lowest BCUT2D eigenvalue weighted by atomic mass is 9.62. The monoisotopic (exact) mass is 820 g/mol. The molecule has 2 atom stereocenters. The first-order chi connectivity index (χ1) is 31.8. The molecule has 0 saturated carbocycles. The van der Waals surface area contributed by atoms with Crippen molar-refractivity contribution in [3.8, 4) is 11.5 Å². The molecule has 2 unspecified atom stereocenters. The van der Waals surface area contributed by atoms with Crippen molar-refractivity contribution in [3.63, 3.8) is 0 Å². The van der Waals surface area contributed by atoms with E-state index in [0.717, 1.165) is 47.8 Å². The zero-order valence-electron chi connectivity index (χ0n) is 35.4. The Morgan fingerprint density at radius 3 is 1.91 bits per heavy atom. The number of rotatable bonds is 6. The Balaban J connectivity index is 1.13. The van der Waals surface area contributed by atoms with Crippen molar-refractivity contribution >= 4 is 60.6 Å². The van der Waals surface area contributed by atoms with E-state index >= 15 is 0 Å². The average Bonchev–Trinajstić information content (AvgIpc) is 3.66. The van der Waals surface area contributed by atoms with Gasteiger partial charge in [-0.3, -0.25) is 0 Å². The molecule has 3 heteroatoms. The molecule has 3 aliphatic carbocycles. The van der Waals surface area contributed by atoms with Gasteiger partial charge in [-0.2, -0.15) is 0 Å². The van der Waals surface area contributed by atoms with Gasteiger partial charge in [0.25, 0.3) is 0 Å². The van der Waals surface area contributed by atoms with Gasteiger partial charge >= 0.3 is 0 Å². The molecule has 1 aliphatic heterocycles. The van der Waals surface area contributed by atoms with E-state index < -0.39 is 5.41 Å². The van der Waals surface area contributed by atoms with Crippen LogP contribution in [0.3, 0.4) is 0 Å². The van der Waals surface area contributed by atoms with Gasteiger partial charge < -0.3 is 14.5 Å². The molecular formula is C61H44N2O. The van der Waals surface area contributed by atoms with Gasteiger partial charge in [0.2, 0.25) is 0 Å². The highest BCUT2D eigenvalue weighted by Gasteiger charge is 2.54. The number of fused-ring (bicyclic) bond motifs is 14. The zero-order chi connectivity index (χ0) is 42.2. The molecule has 0 bridgehead atoms. The number of allylic oxidation sites excluding steroid dienone is 6. The van der Waals surface area contributed by atoms with E-state index in [1.807, 2.05) is 0 Å². The minimum Gasteiger partial charge on any atom is -0.457 e. The normalized spacial score (nSPS) is 18.1. The van der Waals surface area contributed by atoms with Gasteiger partial charge in [0.05, 0.1) is 11.5 Å². The Kier molecular flexibility index (Phi) is 8.39. The van der Waals surface area contributed by atoms with Crippen molar-refractivity contribution in [3.05, 3.63) is 258 Å². The van der Waals surface area contributed by atoms with Crippen LogP contribution in [0.5, 0.6) is 11.5 Å². The quantitative estimate of drug-likeness (QED) is 0.155. The number of anilines is 4. The maximum absolute atomic E-state index is 7.08. The number of nitrogens with zero attached hydrogens (tertiary/aromatic N) is 2. The summed E-state index contributed by atoms with van der Waals surface area (Å²) in [5.41, 5.74) is 13.1. The number of benzene rings is 9. The van der Waals surface area contributed by atoms with Gasteiger partial charge in [0.15, 0.2) is 0 Å². The summed E-state index contributed by atoms with van der Waals surface area (Å²) in [5, 5.41) is 7.40. The van der Waals surface area contributed by atoms with Gasteiger partial charge in [0, 0.05) is 39.6 Å². The summed E-state index contributed by atoms with van der Waals surface area (Å²) in [6, 6.07) is 71.2. The molecule has 0 amide bonds. The van der Waals surface area contributed by atoms with E-state index in [-0.39, 0.29) is 6.04 Å². The summed E-state index contributed by atoms with van der Waals surface area (Å²) >= 11 is 0. The Morgan fingerprint density at radius 2 is 1.17 bits per heavy atom. The van der Waals surface area contributed by atoms with Crippen LogP contribution >= 0.6 is 0 Å². The topological polar surface area (TPSA) is 15.7 Å². The summed E-state index contributed by atoms with van der Waals surface area (Å²) in [6.07, 6.45) is 14.7. The first-order valence-electron chi connectivity index (χ1n) is 22.6. The van der Waals surface area contributed by atoms with Gasteiger partial charge in [-0.25, -0.2) is 0 Å². The molecule has 64 heavy (non-hydrogen) atoms. The minimum atomic E-state index is -0.659. The van der Waals surface area contributed by atoms with E-state index in [0.29, 0.717) is 0 Å². The standard InChI is InChI=1S/C61H44N2O/c1-5-21-43(22-6-1)62(44-23-7-2-8-24-44)47-33-35-51-53(39-47)49-29-15-16-30-50(49)59-52-36-34-48(63(45-25-9-3-10-26-45)46-27-11-4-12-28-46)40-55(52)61(60(51)59)54-31-17-18-32-57(54)64-58-38-42-20-14-13-19-41(42)37-56(58)61/h1-11,13-27,29-39,48H,12,28,40H2. The van der Waals surface area contributed by atoms with Crippen LogP contribution in [0.2, 0.25) is 0 Å². The summed E-state index contributed by atoms with van der Waals surface area (Å²) in [6.45, 7) is 0. The molecule has 1 spiro atoms. The highest BCUT2D eigenvalue weighted by Crippen LogP contribution is 2.66. The summed E-state index contributed by atoms with van der Waals surface area (Å²) < 4.78 is 7.08. The van der Waals surface area contributed by atoms with Gasteiger partial charge in [-0.1, -0.05) is 152 Å². The second-order valence-electron chi connectivity index (χ2n) is 17.4. The van der Waals surface area contributed by atoms with Crippen molar-refractivity contribution < 1.29 is 4.74 Å². The van der Waals surface area contributed by atoms with Crippen molar-refractivity contribution in [2.45, 2.75) is 30.7 Å². The fraction of sp³-hybridized carbons (Fsp3) is 0.0820. The van der Waals surface area contributed by atoms with Crippen LogP contribution in [-0.2, 0) is 5.41 Å². The Labute approximate surface area is 373 Å². The average molecular weight is 821 g/mol. The molecule has 0 N–H and O–H groups in total. The van der Waals surface area contributed by atoms with Crippen molar-refractivity contribution in [1.82, 2.24) is 0 Å². The van der Waals surface area contributed by atoms with Crippen molar-refractivity contribution in [2.75, 3.05) is 9.80 Å². The van der Waals surface area contributed by atoms with Gasteiger partial charge in [-0.15, -0.1) is 0 Å². The molecule has 0 radical (unpaired) electrons. The van der Waals surface area contributed by atoms with Crippen LogP contribution < -0.4 is 14.5 Å². The second kappa shape index (κ2) is 14.6. The molecule has 4 aliphatic rings. The molecule has 0 aromatic heterocycles. The number of ether oxygens (including phenoxy) is 1. The summed E-state index contributed by atoms with van der Waals surface area (Å²) in [5.74, 6) is 1.83. The van der Waals surface area contributed by atoms with E-state index in [1.165, 1.54) is 77.1 Å². The summed E-state index contributed by atoms with van der Waals surface area (Å²) in [7, 11) is 0. The van der Waals surface area contributed by atoms with Crippen molar-refractivity contribution in [1.29, 1.82) is 0 Å². The van der Waals surface area contributed by atoms with E-state index in [2.05, 4.69) is 234 Å². The maximum atomic E-state index is 7.08. The minimum absolute atomic E-state index is 0.0819. The van der Waals surface area contributed by atoms with Crippen LogP contribution in [-0.4, -0.2) is 6.04 Å². The molecule has 13 rings (SSSR count). The third-order valence-electron chi connectivity index (χ3n) is 14.0. The van der Waals surface area contributed by atoms with E-state index in [1.54, 1.807) is 0 Å². The van der Waals surface area contributed by atoms with Crippen LogP contribution in [0.25, 0.3) is 37.9 Å². The SMILES string of the molecule is C1=CCCC(N(c2ccccc2)C2C=CC3=C(C2)C2(c4ccccc4Oc4cc5ccccc5cc42)c2c3c3ccccc3c3cc(N(c4ccccc4)c4ccccc4)ccc23)=C1. The third kappa shape index (κ3) is 5.47. The second-order valence-corrected chi connectivity index (χ2v) is 17.4. The number of hydrogen-bond donors (Lipinski definition) is 0. The molecule has 0 saturated heterocycles. The Morgan fingerprint density at radius 1 is 0.516 bits per heavy atom. The van der Waals surface area contributed by atoms with Crippen LogP contribution in [0, 0.1) is 0 Å². The lowest BCUT2D eigenvalue weighted by Crippen LogP contribution is -2.39. The first kappa shape index (κ1) is 36.7. The largest absolute Gasteiger partial charge is 0.457 e. The van der Waals surface area contributed by atoms with Crippen LogP contribution in [0.1, 0.15) is 41.5 Å². The molecule has 1 heterocycles. The van der Waals surface area contributed by atoms with Crippen LogP contribution in [0.4, 0.5) is 22.7 Å². The molecule has 304 valence electrons. The fourth-order valence-electron chi connectivity index (χ4n) is 11.5. The fourth-order valence-corrected chi connectivity index (χ4v) is 11.5. The maximum Gasteiger partial charge on any atom is 0.132 e. The molecule has 9 aromatic rings. The smallest absolute Gasteiger partial charge is 0.132 e. The van der Waals surface area contributed by atoms with Crippen LogP contribution in [0.15, 0.2) is 236 Å². The van der Waals surface area contributed by atoms with Crippen molar-refractivity contribution in [2.24, 2.45) is 0 Å². The Bertz CT molecular complexity index is 3420. The van der Waals surface area contributed by atoms with E-state index in [4.69, 9.17) is 4.74 Å². The van der Waals surface area contributed by atoms with Gasteiger partial charge in [0.1, 0.15) is 11.5 Å². The third-order valence-corrected chi connectivity index (χ3v) is 14.0. The zero-order valence-corrected chi connectivity index (χ0v) is 35.4.